The van der Waals surface area contributed by atoms with Crippen molar-refractivity contribution in [2.24, 2.45) is 0 Å². The summed E-state index contributed by atoms with van der Waals surface area (Å²) in [5, 5.41) is 20.4. The number of aliphatic hydroxyl groups is 1. The van der Waals surface area contributed by atoms with Crippen LogP contribution in [0, 0.1) is 0 Å². The van der Waals surface area contributed by atoms with Crippen LogP contribution < -0.4 is 0 Å². The van der Waals surface area contributed by atoms with E-state index in [1.165, 1.54) is 0 Å². The van der Waals surface area contributed by atoms with Crippen LogP contribution in [0.4, 0.5) is 0 Å². The Bertz CT molecular complexity index is 425. The zero-order valence-corrected chi connectivity index (χ0v) is 12.4. The minimum atomic E-state index is -0.561. The van der Waals surface area contributed by atoms with Crippen molar-refractivity contribution in [3.05, 3.63) is 11.9 Å². The van der Waals surface area contributed by atoms with Gasteiger partial charge in [0, 0.05) is 39.3 Å². The molecule has 1 aliphatic heterocycles. The maximum atomic E-state index is 12.0. The normalized spacial score (nSPS) is 20.5. The predicted molar refractivity (Wildman–Crippen MR) is 75.4 cm³/mol. The molecule has 1 fully saturated rings. The first-order chi connectivity index (χ1) is 10.2. The molecule has 2 rings (SSSR count). The van der Waals surface area contributed by atoms with Crippen molar-refractivity contribution >= 4 is 5.91 Å². The molecule has 1 aliphatic rings. The van der Waals surface area contributed by atoms with Crippen molar-refractivity contribution < 1.29 is 14.6 Å². The number of aromatic amines is 1. The number of β-amino-alcohol motifs (C(OH)–C–C–N with tert-alkyl or cyclic N) is 1. The fraction of sp³-hybridized carbons (Fsp3) is 0.769. The zero-order valence-electron chi connectivity index (χ0n) is 12.4. The van der Waals surface area contributed by atoms with Gasteiger partial charge in [0.15, 0.2) is 0 Å². The van der Waals surface area contributed by atoms with Gasteiger partial charge in [0.2, 0.25) is 5.91 Å². The fourth-order valence-electron chi connectivity index (χ4n) is 2.35. The van der Waals surface area contributed by atoms with Gasteiger partial charge in [-0.3, -0.25) is 9.69 Å². The Balaban J connectivity index is 1.83. The van der Waals surface area contributed by atoms with E-state index in [1.54, 1.807) is 11.1 Å². The summed E-state index contributed by atoms with van der Waals surface area (Å²) < 4.78 is 5.28. The first kappa shape index (κ1) is 15.9. The molecule has 1 atom stereocenters. The second-order valence-electron chi connectivity index (χ2n) is 5.24. The van der Waals surface area contributed by atoms with E-state index in [2.05, 4.69) is 20.3 Å². The van der Waals surface area contributed by atoms with Crippen LogP contribution in [-0.2, 0) is 16.1 Å². The van der Waals surface area contributed by atoms with E-state index in [0.717, 1.165) is 12.1 Å². The van der Waals surface area contributed by atoms with Gasteiger partial charge in [-0.05, 0) is 6.42 Å². The van der Waals surface area contributed by atoms with Gasteiger partial charge in [-0.1, -0.05) is 6.92 Å². The van der Waals surface area contributed by atoms with E-state index in [0.29, 0.717) is 39.3 Å². The second-order valence-corrected chi connectivity index (χ2v) is 5.24. The van der Waals surface area contributed by atoms with Crippen molar-refractivity contribution in [2.75, 3.05) is 39.4 Å². The molecule has 8 nitrogen and oxygen atoms in total. The number of ether oxygens (including phenoxy) is 1. The fourth-order valence-corrected chi connectivity index (χ4v) is 2.35. The number of nitrogens with one attached hydrogen (secondary N) is 1. The number of carbonyl (C=O) groups is 1. The molecular formula is C13H23N5O3. The lowest BCUT2D eigenvalue weighted by Gasteiger charge is -2.21. The number of aromatic nitrogens is 3. The van der Waals surface area contributed by atoms with Crippen LogP contribution in [0.3, 0.4) is 0 Å². The molecule has 0 radical (unpaired) electrons. The average molecular weight is 297 g/mol. The van der Waals surface area contributed by atoms with Crippen LogP contribution in [0.25, 0.3) is 0 Å². The number of aliphatic hydroxyl groups excluding tert-OH is 1. The van der Waals surface area contributed by atoms with E-state index in [9.17, 15) is 9.90 Å². The minimum absolute atomic E-state index is 0.0641. The van der Waals surface area contributed by atoms with Gasteiger partial charge in [-0.2, -0.15) is 15.4 Å². The summed E-state index contributed by atoms with van der Waals surface area (Å²) in [6.07, 6.45) is 2.00. The molecule has 118 valence electrons. The van der Waals surface area contributed by atoms with Crippen LogP contribution >= 0.6 is 0 Å². The molecule has 1 aromatic rings. The number of hydrogen-bond acceptors (Lipinski definition) is 6. The van der Waals surface area contributed by atoms with Crippen molar-refractivity contribution in [3.63, 3.8) is 0 Å². The van der Waals surface area contributed by atoms with E-state index in [4.69, 9.17) is 4.74 Å². The maximum Gasteiger partial charge on any atom is 0.248 e. The lowest BCUT2D eigenvalue weighted by atomic mass is 10.3. The first-order valence-electron chi connectivity index (χ1n) is 7.29. The summed E-state index contributed by atoms with van der Waals surface area (Å²) in [5.41, 5.74) is 0.827. The molecule has 8 heteroatoms. The molecule has 0 spiro atoms. The third-order valence-electron chi connectivity index (χ3n) is 3.36. The van der Waals surface area contributed by atoms with E-state index >= 15 is 0 Å². The second kappa shape index (κ2) is 8.06. The third-order valence-corrected chi connectivity index (χ3v) is 3.36. The summed E-state index contributed by atoms with van der Waals surface area (Å²) in [5.74, 6) is -0.0641. The largest absolute Gasteiger partial charge is 0.390 e. The van der Waals surface area contributed by atoms with Gasteiger partial charge in [0.1, 0.15) is 6.61 Å². The van der Waals surface area contributed by atoms with Crippen LogP contribution in [0.5, 0.6) is 0 Å². The van der Waals surface area contributed by atoms with Gasteiger partial charge >= 0.3 is 0 Å². The molecule has 2 heterocycles. The van der Waals surface area contributed by atoms with Crippen molar-refractivity contribution in [1.29, 1.82) is 0 Å². The number of nitrogens with zero attached hydrogens (tertiary/aromatic N) is 4. The lowest BCUT2D eigenvalue weighted by molar-refractivity contribution is -0.137. The Hall–Kier alpha value is -1.51. The number of H-pyrrole nitrogens is 1. The average Bonchev–Trinajstić information content (AvgIpc) is 2.88. The van der Waals surface area contributed by atoms with Crippen LogP contribution in [-0.4, -0.2) is 81.7 Å². The zero-order chi connectivity index (χ0) is 15.1. The van der Waals surface area contributed by atoms with E-state index < -0.39 is 6.10 Å². The van der Waals surface area contributed by atoms with Gasteiger partial charge < -0.3 is 14.7 Å². The highest BCUT2D eigenvalue weighted by atomic mass is 16.5. The molecule has 0 saturated carbocycles. The lowest BCUT2D eigenvalue weighted by Crippen LogP contribution is -2.39. The SMILES string of the molecule is CCCOCC(=O)N1CCN(Cc2cn[nH]n2)C[C@@H](O)C1. The van der Waals surface area contributed by atoms with E-state index in [-0.39, 0.29) is 12.5 Å². The first-order valence-corrected chi connectivity index (χ1v) is 7.29. The number of carbonyl (C=O) groups excluding carboxylic acids is 1. The smallest absolute Gasteiger partial charge is 0.248 e. The summed E-state index contributed by atoms with van der Waals surface area (Å²) in [6, 6.07) is 0. The number of hydrogen-bond donors (Lipinski definition) is 2. The van der Waals surface area contributed by atoms with Gasteiger partial charge in [-0.15, -0.1) is 0 Å². The maximum absolute atomic E-state index is 12.0. The highest BCUT2D eigenvalue weighted by Gasteiger charge is 2.24. The Morgan fingerprint density at radius 3 is 3.10 bits per heavy atom. The summed E-state index contributed by atoms with van der Waals surface area (Å²) >= 11 is 0. The van der Waals surface area contributed by atoms with Crippen molar-refractivity contribution in [2.45, 2.75) is 26.0 Å². The van der Waals surface area contributed by atoms with Crippen LogP contribution in [0.1, 0.15) is 19.0 Å². The third kappa shape index (κ3) is 5.07. The molecule has 1 saturated heterocycles. The van der Waals surface area contributed by atoms with Gasteiger partial charge in [0.05, 0.1) is 18.0 Å². The Morgan fingerprint density at radius 2 is 2.38 bits per heavy atom. The Morgan fingerprint density at radius 1 is 1.52 bits per heavy atom. The van der Waals surface area contributed by atoms with Gasteiger partial charge in [-0.25, -0.2) is 0 Å². The quantitative estimate of drug-likeness (QED) is 0.670. The molecule has 2 N–H and O–H groups in total. The van der Waals surface area contributed by atoms with Crippen molar-refractivity contribution in [1.82, 2.24) is 25.2 Å². The molecule has 0 aliphatic carbocycles. The monoisotopic (exact) mass is 297 g/mol. The molecule has 1 amide bonds. The predicted octanol–water partition coefficient (Wildman–Crippen LogP) is -0.764. The summed E-state index contributed by atoms with van der Waals surface area (Å²) in [7, 11) is 0. The number of amides is 1. The Kier molecular flexibility index (Phi) is 6.09. The molecule has 0 aromatic carbocycles. The van der Waals surface area contributed by atoms with Gasteiger partial charge in [0.25, 0.3) is 0 Å². The van der Waals surface area contributed by atoms with Crippen LogP contribution in [0.15, 0.2) is 6.20 Å². The molecular weight excluding hydrogens is 274 g/mol. The molecule has 0 bridgehead atoms. The summed E-state index contributed by atoms with van der Waals surface area (Å²) in [4.78, 5) is 15.8. The highest BCUT2D eigenvalue weighted by Crippen LogP contribution is 2.08. The minimum Gasteiger partial charge on any atom is -0.390 e. The van der Waals surface area contributed by atoms with Crippen molar-refractivity contribution in [3.8, 4) is 0 Å². The van der Waals surface area contributed by atoms with E-state index in [1.807, 2.05) is 6.92 Å². The number of rotatable bonds is 6. The molecule has 21 heavy (non-hydrogen) atoms. The molecule has 1 aromatic heterocycles. The highest BCUT2D eigenvalue weighted by molar-refractivity contribution is 5.77. The van der Waals surface area contributed by atoms with Crippen LogP contribution in [0.2, 0.25) is 0 Å². The topological polar surface area (TPSA) is 94.6 Å². The molecule has 0 unspecified atom stereocenters. The summed E-state index contributed by atoms with van der Waals surface area (Å²) in [6.45, 7) is 5.44. The standard InChI is InChI=1S/C13H23N5O3/c1-2-5-21-10-13(20)18-4-3-17(8-12(19)9-18)7-11-6-14-16-15-11/h6,12,19H,2-5,7-10H2,1H3,(H,14,15,16)/t12-/m1/s1. The Labute approximate surface area is 124 Å².